The Kier molecular flexibility index (Phi) is 7.25. The first-order valence-corrected chi connectivity index (χ1v) is 9.49. The minimum absolute atomic E-state index is 0.432. The molecule has 0 radical (unpaired) electrons. The van der Waals surface area contributed by atoms with E-state index in [1.807, 2.05) is 0 Å². The number of nitrogens with one attached hydrogen (secondary N) is 2. The minimum atomic E-state index is 0.432. The van der Waals surface area contributed by atoms with Gasteiger partial charge in [-0.1, -0.05) is 51.1 Å². The van der Waals surface area contributed by atoms with Crippen LogP contribution in [0.15, 0.2) is 40.7 Å². The smallest absolute Gasteiger partial charge is 0.191 e. The highest BCUT2D eigenvalue weighted by atomic mass is 32.1. The molecular formula is C19H28N4S. The molecule has 0 aliphatic rings. The topological polar surface area (TPSA) is 49.3 Å². The Morgan fingerprint density at radius 2 is 1.92 bits per heavy atom. The Labute approximate surface area is 149 Å². The number of rotatable bonds is 7. The lowest BCUT2D eigenvalue weighted by Crippen LogP contribution is -2.39. The lowest BCUT2D eigenvalue weighted by atomic mass is 10.0. The van der Waals surface area contributed by atoms with Crippen LogP contribution in [0.3, 0.4) is 0 Å². The third kappa shape index (κ3) is 5.64. The summed E-state index contributed by atoms with van der Waals surface area (Å²) in [4.78, 5) is 9.30. The summed E-state index contributed by atoms with van der Waals surface area (Å²) in [6.45, 7) is 11.0. The number of hydrogen-bond donors (Lipinski definition) is 2. The molecular weight excluding hydrogens is 316 g/mol. The largest absolute Gasteiger partial charge is 0.357 e. The first kappa shape index (κ1) is 18.5. The molecule has 0 fully saturated rings. The molecule has 1 heterocycles. The van der Waals surface area contributed by atoms with E-state index in [-0.39, 0.29) is 0 Å². The van der Waals surface area contributed by atoms with Gasteiger partial charge in [0.05, 0.1) is 17.2 Å². The fourth-order valence-corrected chi connectivity index (χ4v) is 3.14. The molecule has 1 aromatic heterocycles. The van der Waals surface area contributed by atoms with Gasteiger partial charge in [0.15, 0.2) is 5.96 Å². The van der Waals surface area contributed by atoms with Crippen molar-refractivity contribution in [3.63, 3.8) is 0 Å². The van der Waals surface area contributed by atoms with E-state index in [1.165, 1.54) is 10.6 Å². The number of nitrogens with zero attached hydrogens (tertiary/aromatic N) is 2. The monoisotopic (exact) mass is 344 g/mol. The van der Waals surface area contributed by atoms with Crippen molar-refractivity contribution in [2.75, 3.05) is 13.1 Å². The van der Waals surface area contributed by atoms with Crippen LogP contribution >= 0.6 is 11.3 Å². The van der Waals surface area contributed by atoms with Gasteiger partial charge >= 0.3 is 0 Å². The number of aliphatic imine (C=N–C) groups is 1. The molecule has 2 rings (SSSR count). The van der Waals surface area contributed by atoms with Gasteiger partial charge in [-0.3, -0.25) is 0 Å². The molecule has 5 heteroatoms. The number of benzene rings is 1. The molecule has 0 aliphatic carbocycles. The zero-order valence-electron chi connectivity index (χ0n) is 15.0. The molecule has 1 aromatic carbocycles. The zero-order chi connectivity index (χ0) is 17.4. The summed E-state index contributed by atoms with van der Waals surface area (Å²) in [5, 5.41) is 10.0. The Hall–Kier alpha value is -1.88. The van der Waals surface area contributed by atoms with Gasteiger partial charge in [0.1, 0.15) is 0 Å². The minimum Gasteiger partial charge on any atom is -0.357 e. The van der Waals surface area contributed by atoms with Crippen LogP contribution in [0, 0.1) is 0 Å². The molecule has 24 heavy (non-hydrogen) atoms. The maximum Gasteiger partial charge on any atom is 0.191 e. The van der Waals surface area contributed by atoms with Gasteiger partial charge in [-0.15, -0.1) is 11.3 Å². The van der Waals surface area contributed by atoms with Crippen LogP contribution in [0.25, 0.3) is 0 Å². The molecule has 0 aliphatic heterocycles. The summed E-state index contributed by atoms with van der Waals surface area (Å²) < 4.78 is 0. The number of thiazole rings is 1. The van der Waals surface area contributed by atoms with Crippen LogP contribution < -0.4 is 10.6 Å². The van der Waals surface area contributed by atoms with Gasteiger partial charge in [-0.2, -0.15) is 0 Å². The average Bonchev–Trinajstić information content (AvgIpc) is 3.07. The SMILES string of the molecule is CCNC(=NCc1csc(C(C)C)n1)NCC(C)c1ccccc1. The van der Waals surface area contributed by atoms with Crippen molar-refractivity contribution in [3.05, 3.63) is 52.0 Å². The Morgan fingerprint density at radius 3 is 2.54 bits per heavy atom. The Balaban J connectivity index is 1.92. The molecule has 0 spiro atoms. The van der Waals surface area contributed by atoms with E-state index in [9.17, 15) is 0 Å². The summed E-state index contributed by atoms with van der Waals surface area (Å²) in [6.07, 6.45) is 0. The van der Waals surface area contributed by atoms with Crippen LogP contribution in [0.2, 0.25) is 0 Å². The van der Waals surface area contributed by atoms with Crippen LogP contribution in [0.5, 0.6) is 0 Å². The van der Waals surface area contributed by atoms with Crippen molar-refractivity contribution in [3.8, 4) is 0 Å². The number of aromatic nitrogens is 1. The molecule has 0 saturated carbocycles. The van der Waals surface area contributed by atoms with Crippen LogP contribution in [-0.4, -0.2) is 24.0 Å². The Bertz CT molecular complexity index is 634. The molecule has 2 aromatic rings. The Morgan fingerprint density at radius 1 is 1.17 bits per heavy atom. The highest BCUT2D eigenvalue weighted by molar-refractivity contribution is 7.09. The van der Waals surface area contributed by atoms with E-state index in [1.54, 1.807) is 11.3 Å². The van der Waals surface area contributed by atoms with E-state index in [0.717, 1.165) is 24.7 Å². The van der Waals surface area contributed by atoms with E-state index >= 15 is 0 Å². The molecule has 1 atom stereocenters. The van der Waals surface area contributed by atoms with Gasteiger partial charge in [0.25, 0.3) is 0 Å². The molecule has 130 valence electrons. The van der Waals surface area contributed by atoms with Crippen LogP contribution in [0.4, 0.5) is 0 Å². The molecule has 0 saturated heterocycles. The van der Waals surface area contributed by atoms with E-state index in [0.29, 0.717) is 18.4 Å². The summed E-state index contributed by atoms with van der Waals surface area (Å²) in [6, 6.07) is 10.5. The fraction of sp³-hybridized carbons (Fsp3) is 0.474. The second kappa shape index (κ2) is 9.42. The fourth-order valence-electron chi connectivity index (χ4n) is 2.31. The van der Waals surface area contributed by atoms with Gasteiger partial charge < -0.3 is 10.6 Å². The normalized spacial score (nSPS) is 13.1. The van der Waals surface area contributed by atoms with Gasteiger partial charge in [0.2, 0.25) is 0 Å². The third-order valence-corrected chi connectivity index (χ3v) is 4.95. The van der Waals surface area contributed by atoms with Gasteiger partial charge in [-0.05, 0) is 18.4 Å². The van der Waals surface area contributed by atoms with Crippen LogP contribution in [-0.2, 0) is 6.54 Å². The average molecular weight is 345 g/mol. The number of guanidine groups is 1. The van der Waals surface area contributed by atoms with Crippen molar-refractivity contribution in [1.82, 2.24) is 15.6 Å². The summed E-state index contributed by atoms with van der Waals surface area (Å²) >= 11 is 1.72. The zero-order valence-corrected chi connectivity index (χ0v) is 15.9. The maximum atomic E-state index is 4.66. The second-order valence-corrected chi connectivity index (χ2v) is 7.11. The van der Waals surface area contributed by atoms with E-state index in [4.69, 9.17) is 0 Å². The lowest BCUT2D eigenvalue weighted by Gasteiger charge is -2.16. The quantitative estimate of drug-likeness (QED) is 0.586. The van der Waals surface area contributed by atoms with Gasteiger partial charge in [-0.25, -0.2) is 9.98 Å². The van der Waals surface area contributed by atoms with Crippen molar-refractivity contribution < 1.29 is 0 Å². The van der Waals surface area contributed by atoms with Gasteiger partial charge in [0, 0.05) is 24.4 Å². The predicted molar refractivity (Wildman–Crippen MR) is 104 cm³/mol. The predicted octanol–water partition coefficient (Wildman–Crippen LogP) is 4.13. The molecule has 1 unspecified atom stereocenters. The highest BCUT2D eigenvalue weighted by Gasteiger charge is 2.08. The van der Waals surface area contributed by atoms with Crippen molar-refractivity contribution in [2.45, 2.75) is 46.1 Å². The summed E-state index contributed by atoms with van der Waals surface area (Å²) in [5.74, 6) is 1.76. The standard InChI is InChI=1S/C19H28N4S/c1-5-20-19(21-11-15(4)16-9-7-6-8-10-16)22-12-17-13-24-18(23-17)14(2)3/h6-10,13-15H,5,11-12H2,1-4H3,(H2,20,21,22). The first-order valence-electron chi connectivity index (χ1n) is 8.61. The van der Waals surface area contributed by atoms with E-state index in [2.05, 4.69) is 84.0 Å². The summed E-state index contributed by atoms with van der Waals surface area (Å²) in [7, 11) is 0. The first-order chi connectivity index (χ1) is 11.6. The molecule has 4 nitrogen and oxygen atoms in total. The molecule has 0 bridgehead atoms. The molecule has 0 amide bonds. The maximum absolute atomic E-state index is 4.66. The van der Waals surface area contributed by atoms with Crippen molar-refractivity contribution in [1.29, 1.82) is 0 Å². The number of hydrogen-bond acceptors (Lipinski definition) is 3. The lowest BCUT2D eigenvalue weighted by molar-refractivity contribution is 0.699. The summed E-state index contributed by atoms with van der Waals surface area (Å²) in [5.41, 5.74) is 2.37. The van der Waals surface area contributed by atoms with E-state index < -0.39 is 0 Å². The van der Waals surface area contributed by atoms with Crippen LogP contribution in [0.1, 0.15) is 55.8 Å². The van der Waals surface area contributed by atoms with Crippen molar-refractivity contribution >= 4 is 17.3 Å². The highest BCUT2D eigenvalue weighted by Crippen LogP contribution is 2.19. The third-order valence-electron chi connectivity index (χ3n) is 3.75. The van der Waals surface area contributed by atoms with Crippen molar-refractivity contribution in [2.24, 2.45) is 4.99 Å². The second-order valence-electron chi connectivity index (χ2n) is 6.22. The molecule has 2 N–H and O–H groups in total.